The highest BCUT2D eigenvalue weighted by Gasteiger charge is 2.20. The van der Waals surface area contributed by atoms with E-state index in [9.17, 15) is 4.79 Å². The largest absolute Gasteiger partial charge is 0.478 e. The van der Waals surface area contributed by atoms with Crippen LogP contribution in [0.4, 0.5) is 5.95 Å². The lowest BCUT2D eigenvalue weighted by atomic mass is 10.1. The molecule has 1 aliphatic heterocycles. The fourth-order valence-corrected chi connectivity index (χ4v) is 3.00. The van der Waals surface area contributed by atoms with E-state index >= 15 is 0 Å². The number of piperazine rings is 1. The second kappa shape index (κ2) is 8.14. The normalized spacial score (nSPS) is 15.1. The smallest absolute Gasteiger partial charge is 0.335 e. The third kappa shape index (κ3) is 4.49. The topological polar surface area (TPSA) is 78.8 Å². The maximum absolute atomic E-state index is 10.9. The number of aryl methyl sites for hydroxylation is 1. The molecule has 1 aromatic heterocycles. The van der Waals surface area contributed by atoms with Crippen molar-refractivity contribution in [3.8, 4) is 5.88 Å². The van der Waals surface area contributed by atoms with Gasteiger partial charge in [-0.25, -0.2) is 9.78 Å². The molecule has 7 heteroatoms. The SMILES string of the molecule is CCOc1cc(C)nc(N2CCN(Cc3ccc(C(=O)O)cc3)CC2)n1. The highest BCUT2D eigenvalue weighted by Crippen LogP contribution is 2.18. The van der Waals surface area contributed by atoms with Gasteiger partial charge in [0.25, 0.3) is 0 Å². The maximum atomic E-state index is 10.9. The summed E-state index contributed by atoms with van der Waals surface area (Å²) in [5.74, 6) is 0.449. The molecule has 1 aliphatic rings. The fraction of sp³-hybridized carbons (Fsp3) is 0.421. The highest BCUT2D eigenvalue weighted by atomic mass is 16.5. The van der Waals surface area contributed by atoms with E-state index in [0.717, 1.165) is 49.9 Å². The minimum atomic E-state index is -0.894. The minimum Gasteiger partial charge on any atom is -0.478 e. The van der Waals surface area contributed by atoms with Crippen LogP contribution in [0.3, 0.4) is 0 Å². The van der Waals surface area contributed by atoms with E-state index in [1.807, 2.05) is 32.0 Å². The monoisotopic (exact) mass is 356 g/mol. The predicted molar refractivity (Wildman–Crippen MR) is 98.8 cm³/mol. The third-order valence-electron chi connectivity index (χ3n) is 4.37. The van der Waals surface area contributed by atoms with Crippen LogP contribution in [0.15, 0.2) is 30.3 Å². The van der Waals surface area contributed by atoms with E-state index in [2.05, 4.69) is 19.8 Å². The Labute approximate surface area is 153 Å². The van der Waals surface area contributed by atoms with Crippen molar-refractivity contribution in [3.05, 3.63) is 47.2 Å². The molecule has 26 heavy (non-hydrogen) atoms. The Hall–Kier alpha value is -2.67. The second-order valence-electron chi connectivity index (χ2n) is 6.35. The Morgan fingerprint density at radius 3 is 2.46 bits per heavy atom. The zero-order chi connectivity index (χ0) is 18.5. The number of aromatic nitrogens is 2. The lowest BCUT2D eigenvalue weighted by molar-refractivity contribution is 0.0697. The summed E-state index contributed by atoms with van der Waals surface area (Å²) in [6.07, 6.45) is 0. The highest BCUT2D eigenvalue weighted by molar-refractivity contribution is 5.87. The van der Waals surface area contributed by atoms with Crippen LogP contribution in [-0.2, 0) is 6.54 Å². The number of carbonyl (C=O) groups is 1. The van der Waals surface area contributed by atoms with Gasteiger partial charge in [-0.15, -0.1) is 0 Å². The number of rotatable bonds is 6. The lowest BCUT2D eigenvalue weighted by Gasteiger charge is -2.34. The van der Waals surface area contributed by atoms with Crippen LogP contribution in [0.1, 0.15) is 28.5 Å². The molecule has 3 rings (SSSR count). The summed E-state index contributed by atoms with van der Waals surface area (Å²) in [4.78, 5) is 24.5. The average molecular weight is 356 g/mol. The molecular formula is C19H24N4O3. The van der Waals surface area contributed by atoms with Crippen molar-refractivity contribution in [2.24, 2.45) is 0 Å². The number of hydrogen-bond donors (Lipinski definition) is 1. The molecule has 1 N–H and O–H groups in total. The van der Waals surface area contributed by atoms with E-state index in [1.54, 1.807) is 12.1 Å². The summed E-state index contributed by atoms with van der Waals surface area (Å²) < 4.78 is 5.51. The Kier molecular flexibility index (Phi) is 5.68. The van der Waals surface area contributed by atoms with Crippen LogP contribution in [0, 0.1) is 6.92 Å². The van der Waals surface area contributed by atoms with Crippen molar-refractivity contribution < 1.29 is 14.6 Å². The van der Waals surface area contributed by atoms with E-state index < -0.39 is 5.97 Å². The van der Waals surface area contributed by atoms with Gasteiger partial charge in [-0.1, -0.05) is 12.1 Å². The average Bonchev–Trinajstić information content (AvgIpc) is 2.62. The first kappa shape index (κ1) is 18.1. The van der Waals surface area contributed by atoms with Crippen molar-refractivity contribution in [2.75, 3.05) is 37.7 Å². The van der Waals surface area contributed by atoms with Crippen LogP contribution in [0.25, 0.3) is 0 Å². The lowest BCUT2D eigenvalue weighted by Crippen LogP contribution is -2.46. The third-order valence-corrected chi connectivity index (χ3v) is 4.37. The van der Waals surface area contributed by atoms with Gasteiger partial charge in [0.2, 0.25) is 11.8 Å². The van der Waals surface area contributed by atoms with Gasteiger partial charge < -0.3 is 14.7 Å². The van der Waals surface area contributed by atoms with Crippen molar-refractivity contribution in [2.45, 2.75) is 20.4 Å². The number of hydrogen-bond acceptors (Lipinski definition) is 6. The van der Waals surface area contributed by atoms with Crippen LogP contribution in [0.2, 0.25) is 0 Å². The van der Waals surface area contributed by atoms with Crippen molar-refractivity contribution >= 4 is 11.9 Å². The number of aromatic carboxylic acids is 1. The molecule has 1 aromatic carbocycles. The van der Waals surface area contributed by atoms with Gasteiger partial charge >= 0.3 is 5.97 Å². The van der Waals surface area contributed by atoms with Crippen LogP contribution in [-0.4, -0.2) is 58.7 Å². The van der Waals surface area contributed by atoms with Gasteiger partial charge in [-0.2, -0.15) is 4.98 Å². The molecule has 1 saturated heterocycles. The first-order chi connectivity index (χ1) is 12.5. The molecule has 0 aliphatic carbocycles. The maximum Gasteiger partial charge on any atom is 0.335 e. The fourth-order valence-electron chi connectivity index (χ4n) is 3.00. The molecular weight excluding hydrogens is 332 g/mol. The number of nitrogens with zero attached hydrogens (tertiary/aromatic N) is 4. The van der Waals surface area contributed by atoms with E-state index in [-0.39, 0.29) is 0 Å². The van der Waals surface area contributed by atoms with E-state index in [0.29, 0.717) is 18.1 Å². The number of ether oxygens (including phenoxy) is 1. The van der Waals surface area contributed by atoms with Crippen LogP contribution < -0.4 is 9.64 Å². The van der Waals surface area contributed by atoms with Crippen LogP contribution in [0.5, 0.6) is 5.88 Å². The summed E-state index contributed by atoms with van der Waals surface area (Å²) in [5, 5.41) is 8.97. The molecule has 0 saturated carbocycles. The quantitative estimate of drug-likeness (QED) is 0.850. The van der Waals surface area contributed by atoms with E-state index in [1.165, 1.54) is 0 Å². The molecule has 2 aromatic rings. The Morgan fingerprint density at radius 2 is 1.85 bits per heavy atom. The molecule has 0 unspecified atom stereocenters. The molecule has 7 nitrogen and oxygen atoms in total. The predicted octanol–water partition coefficient (Wildman–Crippen LogP) is 2.20. The number of carboxylic acids is 1. The Morgan fingerprint density at radius 1 is 1.15 bits per heavy atom. The molecule has 1 fully saturated rings. The second-order valence-corrected chi connectivity index (χ2v) is 6.35. The van der Waals surface area contributed by atoms with Crippen molar-refractivity contribution in [1.82, 2.24) is 14.9 Å². The first-order valence-electron chi connectivity index (χ1n) is 8.83. The van der Waals surface area contributed by atoms with E-state index in [4.69, 9.17) is 9.84 Å². The number of benzene rings is 1. The van der Waals surface area contributed by atoms with Gasteiger partial charge in [0.15, 0.2) is 0 Å². The van der Waals surface area contributed by atoms with Crippen LogP contribution >= 0.6 is 0 Å². The molecule has 0 atom stereocenters. The Bertz CT molecular complexity index is 756. The summed E-state index contributed by atoms with van der Waals surface area (Å²) in [5.41, 5.74) is 2.34. The first-order valence-corrected chi connectivity index (χ1v) is 8.83. The number of carboxylic acid groups (broad SMARTS) is 1. The zero-order valence-electron chi connectivity index (χ0n) is 15.2. The number of anilines is 1. The summed E-state index contributed by atoms with van der Waals surface area (Å²) in [7, 11) is 0. The zero-order valence-corrected chi connectivity index (χ0v) is 15.2. The Balaban J connectivity index is 1.58. The molecule has 0 bridgehead atoms. The van der Waals surface area contributed by atoms with Crippen molar-refractivity contribution in [1.29, 1.82) is 0 Å². The molecule has 2 heterocycles. The van der Waals surface area contributed by atoms with Gasteiger partial charge in [-0.3, -0.25) is 4.90 Å². The summed E-state index contributed by atoms with van der Waals surface area (Å²) in [6, 6.07) is 8.93. The van der Waals surface area contributed by atoms with Gasteiger partial charge in [0.05, 0.1) is 12.2 Å². The molecule has 0 radical (unpaired) electrons. The summed E-state index contributed by atoms with van der Waals surface area (Å²) in [6.45, 7) is 8.80. The molecule has 0 amide bonds. The minimum absolute atomic E-state index is 0.320. The summed E-state index contributed by atoms with van der Waals surface area (Å²) >= 11 is 0. The van der Waals surface area contributed by atoms with Gasteiger partial charge in [0, 0.05) is 44.5 Å². The molecule has 0 spiro atoms. The van der Waals surface area contributed by atoms with Gasteiger partial charge in [-0.05, 0) is 31.5 Å². The van der Waals surface area contributed by atoms with Crippen molar-refractivity contribution in [3.63, 3.8) is 0 Å². The standard InChI is InChI=1S/C19H24N4O3/c1-3-26-17-12-14(2)20-19(21-17)23-10-8-22(9-11-23)13-15-4-6-16(7-5-15)18(24)25/h4-7,12H,3,8-11,13H2,1-2H3,(H,24,25). The van der Waals surface area contributed by atoms with Gasteiger partial charge in [0.1, 0.15) is 0 Å². The molecule has 138 valence electrons.